The van der Waals surface area contributed by atoms with Crippen LogP contribution in [0.3, 0.4) is 0 Å². The van der Waals surface area contributed by atoms with E-state index in [1.165, 1.54) is 0 Å². The van der Waals surface area contributed by atoms with E-state index >= 15 is 0 Å². The van der Waals surface area contributed by atoms with Crippen LogP contribution in [0.15, 0.2) is 89.8 Å². The third-order valence-corrected chi connectivity index (χ3v) is 5.15. The highest BCUT2D eigenvalue weighted by Gasteiger charge is 2.10. The molecule has 144 valence electrons. The Labute approximate surface area is 173 Å². The van der Waals surface area contributed by atoms with Gasteiger partial charge >= 0.3 is 0 Å². The fourth-order valence-corrected chi connectivity index (χ4v) is 3.63. The number of nitrogens with zero attached hydrogens (tertiary/aromatic N) is 1. The van der Waals surface area contributed by atoms with Crippen molar-refractivity contribution in [2.75, 3.05) is 0 Å². The lowest BCUT2D eigenvalue weighted by atomic mass is 10.1. The van der Waals surface area contributed by atoms with Crippen molar-refractivity contribution < 1.29 is 9.53 Å². The van der Waals surface area contributed by atoms with E-state index in [9.17, 15) is 4.79 Å². The number of hydrogen-bond donors (Lipinski definition) is 1. The normalized spacial score (nSPS) is 10.5. The summed E-state index contributed by atoms with van der Waals surface area (Å²) in [5.41, 5.74) is 4.59. The lowest BCUT2D eigenvalue weighted by Gasteiger charge is -2.10. The number of carbonyl (C=O) groups is 1. The molecular weight excluding hydrogens is 380 g/mol. The quantitative estimate of drug-likeness (QED) is 0.457. The fraction of sp³-hybridized carbons (Fsp3) is 0.0833. The number of nitrogens with one attached hydrogen (secondary N) is 1. The average Bonchev–Trinajstić information content (AvgIpc) is 3.32. The summed E-state index contributed by atoms with van der Waals surface area (Å²) in [5, 5.41) is 7.07. The predicted octanol–water partition coefficient (Wildman–Crippen LogP) is 5.32. The summed E-state index contributed by atoms with van der Waals surface area (Å²) in [5.74, 6) is 0.525. The molecule has 0 aliphatic heterocycles. The number of benzene rings is 2. The largest absolute Gasteiger partial charge is 0.489 e. The minimum atomic E-state index is -0.143. The number of hydrogen-bond acceptors (Lipinski definition) is 4. The summed E-state index contributed by atoms with van der Waals surface area (Å²) < 4.78 is 5.82. The van der Waals surface area contributed by atoms with Gasteiger partial charge in [0.1, 0.15) is 12.4 Å². The number of amides is 1. The number of carbonyl (C=O) groups excluding carboxylic acids is 1. The molecule has 29 heavy (non-hydrogen) atoms. The van der Waals surface area contributed by atoms with Gasteiger partial charge in [0.25, 0.3) is 5.91 Å². The third-order valence-electron chi connectivity index (χ3n) is 4.47. The van der Waals surface area contributed by atoms with Gasteiger partial charge in [0, 0.05) is 29.2 Å². The maximum absolute atomic E-state index is 12.7. The summed E-state index contributed by atoms with van der Waals surface area (Å²) in [6.07, 6.45) is 1.77. The van der Waals surface area contributed by atoms with Gasteiger partial charge in [-0.05, 0) is 46.8 Å². The van der Waals surface area contributed by atoms with Gasteiger partial charge in [0.05, 0.1) is 5.69 Å². The van der Waals surface area contributed by atoms with Crippen molar-refractivity contribution in [2.24, 2.45) is 0 Å². The van der Waals surface area contributed by atoms with Crippen LogP contribution < -0.4 is 10.1 Å². The van der Waals surface area contributed by atoms with Crippen molar-refractivity contribution in [3.8, 4) is 17.0 Å². The summed E-state index contributed by atoms with van der Waals surface area (Å²) in [7, 11) is 0. The van der Waals surface area contributed by atoms with Gasteiger partial charge in [0.15, 0.2) is 0 Å². The lowest BCUT2D eigenvalue weighted by Crippen LogP contribution is -2.23. The third kappa shape index (κ3) is 4.89. The number of thiophene rings is 1. The van der Waals surface area contributed by atoms with E-state index in [1.807, 2.05) is 66.0 Å². The molecule has 0 spiro atoms. The van der Waals surface area contributed by atoms with Gasteiger partial charge in [0.2, 0.25) is 0 Å². The van der Waals surface area contributed by atoms with Crippen molar-refractivity contribution >= 4 is 17.2 Å². The summed E-state index contributed by atoms with van der Waals surface area (Å²) in [4.78, 5) is 17.1. The van der Waals surface area contributed by atoms with Gasteiger partial charge in [-0.2, -0.15) is 11.3 Å². The molecule has 0 unspecified atom stereocenters. The van der Waals surface area contributed by atoms with Crippen molar-refractivity contribution in [3.05, 3.63) is 106 Å². The fourth-order valence-electron chi connectivity index (χ4n) is 2.99. The Kier molecular flexibility index (Phi) is 5.98. The van der Waals surface area contributed by atoms with Crippen LogP contribution in [0.1, 0.15) is 21.5 Å². The standard InChI is InChI=1S/C24H20N2O2S/c27-24(26-15-20-9-5-12-25-23(20)21-11-13-29-17-21)19-8-4-10-22(14-19)28-16-18-6-2-1-3-7-18/h1-14,17H,15-16H2,(H,26,27). The molecule has 1 amide bonds. The van der Waals surface area contributed by atoms with E-state index in [-0.39, 0.29) is 5.91 Å². The minimum Gasteiger partial charge on any atom is -0.489 e. The Balaban J connectivity index is 1.41. The molecule has 0 fully saturated rings. The molecule has 0 aliphatic carbocycles. The van der Waals surface area contributed by atoms with Gasteiger partial charge in [-0.25, -0.2) is 0 Å². The van der Waals surface area contributed by atoms with Crippen LogP contribution in [0.2, 0.25) is 0 Å². The number of aromatic nitrogens is 1. The first-order valence-electron chi connectivity index (χ1n) is 9.31. The second kappa shape index (κ2) is 9.17. The second-order valence-electron chi connectivity index (χ2n) is 6.51. The number of rotatable bonds is 7. The zero-order valence-electron chi connectivity index (χ0n) is 15.7. The monoisotopic (exact) mass is 400 g/mol. The first-order valence-corrected chi connectivity index (χ1v) is 10.3. The molecule has 2 aromatic carbocycles. The molecule has 1 N–H and O–H groups in total. The highest BCUT2D eigenvalue weighted by molar-refractivity contribution is 7.08. The molecule has 4 aromatic rings. The summed E-state index contributed by atoms with van der Waals surface area (Å²) in [6.45, 7) is 0.874. The maximum Gasteiger partial charge on any atom is 0.251 e. The smallest absolute Gasteiger partial charge is 0.251 e. The average molecular weight is 401 g/mol. The van der Waals surface area contributed by atoms with Crippen LogP contribution in [0.25, 0.3) is 11.3 Å². The topological polar surface area (TPSA) is 51.2 Å². The van der Waals surface area contributed by atoms with Crippen molar-refractivity contribution in [1.29, 1.82) is 0 Å². The Morgan fingerprint density at radius 2 is 1.90 bits per heavy atom. The van der Waals surface area contributed by atoms with Crippen LogP contribution >= 0.6 is 11.3 Å². The molecule has 0 saturated carbocycles. The Morgan fingerprint density at radius 1 is 1.00 bits per heavy atom. The van der Waals surface area contributed by atoms with E-state index in [1.54, 1.807) is 29.7 Å². The summed E-state index contributed by atoms with van der Waals surface area (Å²) >= 11 is 1.63. The van der Waals surface area contributed by atoms with Crippen LogP contribution in [0.4, 0.5) is 0 Å². The zero-order valence-corrected chi connectivity index (χ0v) is 16.6. The van der Waals surface area contributed by atoms with Crippen LogP contribution in [-0.4, -0.2) is 10.9 Å². The van der Waals surface area contributed by atoms with Crippen molar-refractivity contribution in [3.63, 3.8) is 0 Å². The molecular formula is C24H20N2O2S. The Hall–Kier alpha value is -3.44. The van der Waals surface area contributed by atoms with Gasteiger partial charge < -0.3 is 10.1 Å². The molecule has 5 heteroatoms. The van der Waals surface area contributed by atoms with Gasteiger partial charge in [-0.3, -0.25) is 9.78 Å². The highest BCUT2D eigenvalue weighted by atomic mass is 32.1. The molecule has 0 saturated heterocycles. The zero-order chi connectivity index (χ0) is 19.9. The van der Waals surface area contributed by atoms with E-state index in [0.29, 0.717) is 24.5 Å². The Morgan fingerprint density at radius 3 is 2.72 bits per heavy atom. The van der Waals surface area contributed by atoms with Crippen LogP contribution in [0.5, 0.6) is 5.75 Å². The molecule has 4 nitrogen and oxygen atoms in total. The maximum atomic E-state index is 12.7. The lowest BCUT2D eigenvalue weighted by molar-refractivity contribution is 0.0950. The molecule has 2 aromatic heterocycles. The molecule has 2 heterocycles. The number of ether oxygens (including phenoxy) is 1. The van der Waals surface area contributed by atoms with Crippen molar-refractivity contribution in [1.82, 2.24) is 10.3 Å². The van der Waals surface area contributed by atoms with E-state index in [2.05, 4.69) is 15.7 Å². The predicted molar refractivity (Wildman–Crippen MR) is 116 cm³/mol. The van der Waals surface area contributed by atoms with Crippen molar-refractivity contribution in [2.45, 2.75) is 13.2 Å². The molecule has 4 rings (SSSR count). The Bertz CT molecular complexity index is 1080. The van der Waals surface area contributed by atoms with E-state index < -0.39 is 0 Å². The molecule has 0 bridgehead atoms. The number of pyridine rings is 1. The highest BCUT2D eigenvalue weighted by Crippen LogP contribution is 2.23. The van der Waals surface area contributed by atoms with Gasteiger partial charge in [-0.15, -0.1) is 0 Å². The van der Waals surface area contributed by atoms with E-state index in [4.69, 9.17) is 4.74 Å². The molecule has 0 atom stereocenters. The first kappa shape index (κ1) is 18.9. The van der Waals surface area contributed by atoms with Crippen LogP contribution in [-0.2, 0) is 13.2 Å². The van der Waals surface area contributed by atoms with E-state index in [0.717, 1.165) is 22.4 Å². The minimum absolute atomic E-state index is 0.143. The van der Waals surface area contributed by atoms with Crippen LogP contribution in [0, 0.1) is 0 Å². The van der Waals surface area contributed by atoms with Gasteiger partial charge in [-0.1, -0.05) is 42.5 Å². The first-order chi connectivity index (χ1) is 14.3. The molecule has 0 aliphatic rings. The SMILES string of the molecule is O=C(NCc1cccnc1-c1ccsc1)c1cccc(OCc2ccccc2)c1. The summed E-state index contributed by atoms with van der Waals surface area (Å²) in [6, 6.07) is 23.1. The molecule has 0 radical (unpaired) electrons. The second-order valence-corrected chi connectivity index (χ2v) is 7.29.